The van der Waals surface area contributed by atoms with E-state index in [1.54, 1.807) is 42.6 Å². The van der Waals surface area contributed by atoms with E-state index in [2.05, 4.69) is 20.1 Å². The molecular weight excluding hydrogens is 501 g/mol. The fraction of sp³-hybridized carbons (Fsp3) is 0.259. The highest BCUT2D eigenvalue weighted by atomic mass is 19.4. The fourth-order valence-electron chi connectivity index (χ4n) is 4.04. The number of alkyl halides is 3. The maximum absolute atomic E-state index is 12.8. The predicted molar refractivity (Wildman–Crippen MR) is 134 cm³/mol. The summed E-state index contributed by atoms with van der Waals surface area (Å²) in [5.74, 6) is -1.22. The average Bonchev–Trinajstić information content (AvgIpc) is 2.90. The van der Waals surface area contributed by atoms with Crippen LogP contribution < -0.4 is 14.8 Å². The first-order valence-corrected chi connectivity index (χ1v) is 11.8. The van der Waals surface area contributed by atoms with Crippen molar-refractivity contribution in [1.82, 2.24) is 9.99 Å². The Bertz CT molecular complexity index is 1330. The molecule has 0 spiro atoms. The van der Waals surface area contributed by atoms with Gasteiger partial charge in [0, 0.05) is 36.0 Å². The van der Waals surface area contributed by atoms with Gasteiger partial charge in [0.25, 0.3) is 5.91 Å². The van der Waals surface area contributed by atoms with Crippen LogP contribution in [0.3, 0.4) is 0 Å². The summed E-state index contributed by atoms with van der Waals surface area (Å²) in [6, 6.07) is 14.4. The number of anilines is 1. The lowest BCUT2D eigenvalue weighted by atomic mass is 9.89. The number of benzene rings is 2. The third kappa shape index (κ3) is 6.47. The Morgan fingerprint density at radius 2 is 1.89 bits per heavy atom. The number of ether oxygens (including phenoxy) is 2. The number of pyridine rings is 1. The number of amides is 2. The summed E-state index contributed by atoms with van der Waals surface area (Å²) in [5.41, 5.74) is 2.90. The first-order chi connectivity index (χ1) is 18.2. The minimum atomic E-state index is -4.86. The van der Waals surface area contributed by atoms with Crippen molar-refractivity contribution >= 4 is 23.2 Å². The first kappa shape index (κ1) is 26.6. The second kappa shape index (κ2) is 11.3. The highest BCUT2D eigenvalue weighted by Crippen LogP contribution is 2.35. The molecule has 8 nitrogen and oxygen atoms in total. The van der Waals surface area contributed by atoms with Gasteiger partial charge in [-0.25, -0.2) is 5.01 Å². The maximum Gasteiger partial charge on any atom is 0.573 e. The molecule has 1 N–H and O–H groups in total. The number of methoxy groups -OCH3 is 1. The Morgan fingerprint density at radius 3 is 2.53 bits per heavy atom. The Balaban J connectivity index is 1.53. The lowest BCUT2D eigenvalue weighted by Crippen LogP contribution is -2.36. The number of halogens is 3. The maximum atomic E-state index is 12.8. The number of carbonyl (C=O) groups is 2. The van der Waals surface area contributed by atoms with Gasteiger partial charge in [-0.2, -0.15) is 5.10 Å². The van der Waals surface area contributed by atoms with Crippen LogP contribution in [-0.2, 0) is 11.3 Å². The largest absolute Gasteiger partial charge is 0.573 e. The van der Waals surface area contributed by atoms with Crippen LogP contribution >= 0.6 is 0 Å². The van der Waals surface area contributed by atoms with Gasteiger partial charge in [-0.1, -0.05) is 19.1 Å². The van der Waals surface area contributed by atoms with E-state index in [0.717, 1.165) is 5.56 Å². The first-order valence-electron chi connectivity index (χ1n) is 11.8. The van der Waals surface area contributed by atoms with Gasteiger partial charge >= 0.3 is 6.36 Å². The van der Waals surface area contributed by atoms with Crippen molar-refractivity contribution < 1.29 is 32.2 Å². The van der Waals surface area contributed by atoms with E-state index in [0.29, 0.717) is 28.9 Å². The Hall–Kier alpha value is -4.41. The molecule has 0 fully saturated rings. The van der Waals surface area contributed by atoms with Crippen LogP contribution in [0.15, 0.2) is 72.1 Å². The van der Waals surface area contributed by atoms with E-state index in [1.165, 1.54) is 36.5 Å². The summed E-state index contributed by atoms with van der Waals surface area (Å²) < 4.78 is 47.3. The Morgan fingerprint density at radius 1 is 1.13 bits per heavy atom. The number of hydrazone groups is 1. The van der Waals surface area contributed by atoms with Gasteiger partial charge in [0.1, 0.15) is 0 Å². The van der Waals surface area contributed by atoms with Gasteiger partial charge in [-0.05, 0) is 54.4 Å². The molecular formula is C27H25F3N4O4. The molecule has 3 aromatic rings. The normalized spacial score (nSPS) is 15.6. The molecule has 2 heterocycles. The van der Waals surface area contributed by atoms with Crippen molar-refractivity contribution in [2.75, 3.05) is 12.4 Å². The molecule has 38 heavy (non-hydrogen) atoms. The van der Waals surface area contributed by atoms with Crippen molar-refractivity contribution in [3.63, 3.8) is 0 Å². The molecule has 2 aromatic carbocycles. The predicted octanol–water partition coefficient (Wildman–Crippen LogP) is 5.40. The Labute approximate surface area is 217 Å². The fourth-order valence-corrected chi connectivity index (χ4v) is 4.04. The molecule has 0 aliphatic carbocycles. The molecule has 0 bridgehead atoms. The van der Waals surface area contributed by atoms with Gasteiger partial charge < -0.3 is 14.8 Å². The van der Waals surface area contributed by atoms with E-state index >= 15 is 0 Å². The van der Waals surface area contributed by atoms with E-state index in [1.807, 2.05) is 6.92 Å². The summed E-state index contributed by atoms with van der Waals surface area (Å²) in [5, 5.41) is 8.71. The zero-order chi connectivity index (χ0) is 27.3. The molecule has 1 atom stereocenters. The van der Waals surface area contributed by atoms with E-state index in [4.69, 9.17) is 4.74 Å². The summed E-state index contributed by atoms with van der Waals surface area (Å²) >= 11 is 0. The minimum absolute atomic E-state index is 0.0928. The van der Waals surface area contributed by atoms with Crippen LogP contribution in [0, 0.1) is 5.92 Å². The van der Waals surface area contributed by atoms with Gasteiger partial charge in [-0.15, -0.1) is 13.2 Å². The SMILES string of the molecule is CCC1CC(=O)N(Cc2ccc(NC(=O)c3cccnc3)cc2)N=C1c1ccc(OC(F)(F)F)c(OC)c1. The molecule has 0 radical (unpaired) electrons. The van der Waals surface area contributed by atoms with Gasteiger partial charge in [0.05, 0.1) is 24.9 Å². The zero-order valence-corrected chi connectivity index (χ0v) is 20.7. The van der Waals surface area contributed by atoms with Crippen molar-refractivity contribution in [1.29, 1.82) is 0 Å². The molecule has 0 saturated carbocycles. The van der Waals surface area contributed by atoms with Crippen LogP contribution in [0.1, 0.15) is 41.3 Å². The summed E-state index contributed by atoms with van der Waals surface area (Å²) in [6.07, 6.45) is -0.983. The zero-order valence-electron chi connectivity index (χ0n) is 20.7. The molecule has 198 valence electrons. The molecule has 0 saturated heterocycles. The highest BCUT2D eigenvalue weighted by Gasteiger charge is 2.34. The second-order valence-corrected chi connectivity index (χ2v) is 8.55. The van der Waals surface area contributed by atoms with Crippen molar-refractivity contribution in [2.45, 2.75) is 32.7 Å². The van der Waals surface area contributed by atoms with Crippen molar-refractivity contribution in [3.05, 3.63) is 83.7 Å². The molecule has 1 unspecified atom stereocenters. The monoisotopic (exact) mass is 526 g/mol. The number of carbonyl (C=O) groups excluding carboxylic acids is 2. The third-order valence-corrected chi connectivity index (χ3v) is 5.97. The number of hydrogen-bond acceptors (Lipinski definition) is 6. The molecule has 4 rings (SSSR count). The smallest absolute Gasteiger partial charge is 0.493 e. The molecule has 1 aliphatic rings. The summed E-state index contributed by atoms with van der Waals surface area (Å²) in [4.78, 5) is 29.1. The number of aromatic nitrogens is 1. The quantitative estimate of drug-likeness (QED) is 0.424. The van der Waals surface area contributed by atoms with Crippen LogP contribution in [0.4, 0.5) is 18.9 Å². The molecule has 11 heteroatoms. The minimum Gasteiger partial charge on any atom is -0.493 e. The molecule has 1 aromatic heterocycles. The van der Waals surface area contributed by atoms with Gasteiger partial charge in [-0.3, -0.25) is 14.6 Å². The second-order valence-electron chi connectivity index (χ2n) is 8.55. The average molecular weight is 527 g/mol. The molecule has 1 aliphatic heterocycles. The summed E-state index contributed by atoms with van der Waals surface area (Å²) in [6.45, 7) is 2.10. The van der Waals surface area contributed by atoms with Gasteiger partial charge in [0.2, 0.25) is 5.91 Å². The number of hydrogen-bond donors (Lipinski definition) is 1. The highest BCUT2D eigenvalue weighted by molar-refractivity contribution is 6.06. The van der Waals surface area contributed by atoms with E-state index < -0.39 is 12.1 Å². The lowest BCUT2D eigenvalue weighted by Gasteiger charge is -2.29. The van der Waals surface area contributed by atoms with Crippen molar-refractivity contribution in [2.24, 2.45) is 11.0 Å². The van der Waals surface area contributed by atoms with E-state index in [-0.39, 0.29) is 36.4 Å². The number of rotatable bonds is 8. The van der Waals surface area contributed by atoms with Crippen molar-refractivity contribution in [3.8, 4) is 11.5 Å². The number of nitrogens with one attached hydrogen (secondary N) is 1. The topological polar surface area (TPSA) is 93.1 Å². The third-order valence-electron chi connectivity index (χ3n) is 5.97. The van der Waals surface area contributed by atoms with E-state index in [9.17, 15) is 22.8 Å². The number of nitrogens with zero attached hydrogens (tertiary/aromatic N) is 3. The molecule has 2 amide bonds. The lowest BCUT2D eigenvalue weighted by molar-refractivity contribution is -0.275. The van der Waals surface area contributed by atoms with Crippen LogP contribution in [0.2, 0.25) is 0 Å². The van der Waals surface area contributed by atoms with Crippen LogP contribution in [0.5, 0.6) is 11.5 Å². The van der Waals surface area contributed by atoms with Crippen LogP contribution in [0.25, 0.3) is 0 Å². The van der Waals surface area contributed by atoms with Crippen LogP contribution in [-0.4, -0.2) is 41.0 Å². The van der Waals surface area contributed by atoms with Gasteiger partial charge in [0.15, 0.2) is 11.5 Å². The Kier molecular flexibility index (Phi) is 7.94. The summed E-state index contributed by atoms with van der Waals surface area (Å²) in [7, 11) is 1.25. The standard InChI is InChI=1S/C27H25F3N4O4/c1-3-18-14-24(35)34(33-25(18)19-8-11-22(23(13-19)37-2)38-27(28,29)30)16-17-6-9-21(10-7-17)32-26(36)20-5-4-12-31-15-20/h4-13,15,18H,3,14,16H2,1-2H3,(H,32,36).